The number of hydrogen-bond donors (Lipinski definition) is 7. The minimum absolute atomic E-state index is 0.0249. The molecular formula is C43H57NO10. The van der Waals surface area contributed by atoms with Crippen molar-refractivity contribution in [2.75, 3.05) is 0 Å². The Hall–Kier alpha value is -4.46. The largest absolute Gasteiger partial charge is 0.510 e. The van der Waals surface area contributed by atoms with Gasteiger partial charge in [0.05, 0.1) is 24.4 Å². The lowest BCUT2D eigenvalue weighted by Gasteiger charge is -2.39. The number of allylic oxidation sites excluding steroid dienone is 20. The molecule has 0 aromatic rings. The van der Waals surface area contributed by atoms with Crippen LogP contribution in [-0.4, -0.2) is 91.3 Å². The molecule has 1 saturated heterocycles. The Bertz CT molecular complexity index is 1540. The maximum Gasteiger partial charge on any atom is 0.248 e. The number of aliphatic hydroxyl groups is 6. The summed E-state index contributed by atoms with van der Waals surface area (Å²) in [4.78, 5) is 23.4. The molecule has 294 valence electrons. The van der Waals surface area contributed by atoms with Crippen molar-refractivity contribution in [1.29, 1.82) is 0 Å². The number of aliphatic hydroxyl groups excluding tert-OH is 6. The van der Waals surface area contributed by atoms with Crippen LogP contribution in [0.5, 0.6) is 0 Å². The average Bonchev–Trinajstić information content (AvgIpc) is 3.46. The van der Waals surface area contributed by atoms with Gasteiger partial charge in [-0.2, -0.15) is 0 Å². The van der Waals surface area contributed by atoms with E-state index in [1.54, 1.807) is 50.3 Å². The monoisotopic (exact) mass is 747 g/mol. The molecule has 0 saturated carbocycles. The maximum atomic E-state index is 11.8. The summed E-state index contributed by atoms with van der Waals surface area (Å²) in [7, 11) is 0. The number of ether oxygens (including phenoxy) is 2. The van der Waals surface area contributed by atoms with E-state index in [0.29, 0.717) is 6.42 Å². The fourth-order valence-electron chi connectivity index (χ4n) is 5.14. The molecule has 10 unspecified atom stereocenters. The van der Waals surface area contributed by atoms with Crippen LogP contribution in [0.3, 0.4) is 0 Å². The van der Waals surface area contributed by atoms with Crippen molar-refractivity contribution in [2.24, 2.45) is 11.8 Å². The molecule has 0 aromatic heterocycles. The van der Waals surface area contributed by atoms with Crippen LogP contribution < -0.4 is 5.32 Å². The molecule has 1 aliphatic carbocycles. The average molecular weight is 748 g/mol. The lowest BCUT2D eigenvalue weighted by atomic mass is 9.89. The highest BCUT2D eigenvalue weighted by molar-refractivity contribution is 6.03. The lowest BCUT2D eigenvalue weighted by Crippen LogP contribution is -2.57. The second-order valence-corrected chi connectivity index (χ2v) is 13.0. The lowest BCUT2D eigenvalue weighted by molar-refractivity contribution is -0.302. The van der Waals surface area contributed by atoms with E-state index in [1.165, 1.54) is 12.2 Å². The third-order valence-electron chi connectivity index (χ3n) is 8.55. The highest BCUT2D eigenvalue weighted by Gasteiger charge is 2.42. The molecule has 10 atom stereocenters. The number of hydrogen-bond acceptors (Lipinski definition) is 10. The molecule has 1 fully saturated rings. The molecule has 2 aliphatic rings. The molecule has 11 nitrogen and oxygen atoms in total. The van der Waals surface area contributed by atoms with Gasteiger partial charge in [0.1, 0.15) is 29.8 Å². The highest BCUT2D eigenvalue weighted by atomic mass is 16.7. The van der Waals surface area contributed by atoms with Gasteiger partial charge in [-0.1, -0.05) is 141 Å². The van der Waals surface area contributed by atoms with E-state index in [9.17, 15) is 40.2 Å². The Kier molecular flexibility index (Phi) is 21.6. The molecule has 1 heterocycles. The third kappa shape index (κ3) is 17.1. The number of rotatable bonds is 20. The Morgan fingerprint density at radius 2 is 1.28 bits per heavy atom. The third-order valence-corrected chi connectivity index (χ3v) is 8.55. The summed E-state index contributed by atoms with van der Waals surface area (Å²) in [6.07, 6.45) is 32.8. The SMILES string of the molecule is CC(C/C=C/C=C/C=C/C=C/C=C/C(O)C(C)C(O)C(C)/C=C/C=C/C=C/C=C/C=C/C=C/C(=O)NC1=C(O)CCC1=O)OC1OC(C)C(O)C(O)C1O. The minimum Gasteiger partial charge on any atom is -0.510 e. The quantitative estimate of drug-likeness (QED) is 0.0663. The number of Topliss-reactive ketones (excluding diaryl/α,β-unsaturated/α-hetero) is 1. The molecule has 7 N–H and O–H groups in total. The fourth-order valence-corrected chi connectivity index (χ4v) is 5.14. The topological polar surface area (TPSA) is 186 Å². The van der Waals surface area contributed by atoms with E-state index in [0.717, 1.165) is 0 Å². The van der Waals surface area contributed by atoms with Crippen molar-refractivity contribution in [3.05, 3.63) is 145 Å². The Labute approximate surface area is 319 Å². The molecule has 1 aliphatic heterocycles. The van der Waals surface area contributed by atoms with Crippen LogP contribution >= 0.6 is 0 Å². The second kappa shape index (κ2) is 25.5. The number of nitrogens with one attached hydrogen (secondary N) is 1. The molecule has 0 radical (unpaired) electrons. The van der Waals surface area contributed by atoms with E-state index in [1.807, 2.05) is 98.9 Å². The second-order valence-electron chi connectivity index (χ2n) is 13.0. The van der Waals surface area contributed by atoms with Crippen molar-refractivity contribution in [2.45, 2.75) is 96.0 Å². The summed E-state index contributed by atoms with van der Waals surface area (Å²) >= 11 is 0. The summed E-state index contributed by atoms with van der Waals surface area (Å²) in [5.74, 6) is -1.41. The van der Waals surface area contributed by atoms with E-state index in [-0.39, 0.29) is 48.0 Å². The van der Waals surface area contributed by atoms with Gasteiger partial charge in [-0.05, 0) is 20.3 Å². The van der Waals surface area contributed by atoms with E-state index >= 15 is 0 Å². The highest BCUT2D eigenvalue weighted by Crippen LogP contribution is 2.23. The maximum absolute atomic E-state index is 11.8. The number of amides is 1. The summed E-state index contributed by atoms with van der Waals surface area (Å²) in [6.45, 7) is 7.12. The Balaban J connectivity index is 1.62. The zero-order valence-corrected chi connectivity index (χ0v) is 31.4. The predicted octanol–water partition coefficient (Wildman–Crippen LogP) is 4.97. The molecule has 2 rings (SSSR count). The molecule has 0 aromatic carbocycles. The van der Waals surface area contributed by atoms with Gasteiger partial charge in [-0.3, -0.25) is 9.59 Å². The van der Waals surface area contributed by atoms with Gasteiger partial charge in [0.2, 0.25) is 5.91 Å². The van der Waals surface area contributed by atoms with Gasteiger partial charge < -0.3 is 45.4 Å². The molecule has 0 spiro atoms. The first-order valence-electron chi connectivity index (χ1n) is 18.2. The zero-order chi connectivity index (χ0) is 39.9. The molecular weight excluding hydrogens is 690 g/mol. The van der Waals surface area contributed by atoms with Crippen LogP contribution in [-0.2, 0) is 19.1 Å². The van der Waals surface area contributed by atoms with E-state index in [4.69, 9.17) is 9.47 Å². The number of carbonyl (C=O) groups excluding carboxylic acids is 2. The summed E-state index contributed by atoms with van der Waals surface area (Å²) < 4.78 is 11.1. The van der Waals surface area contributed by atoms with Gasteiger partial charge in [-0.25, -0.2) is 0 Å². The van der Waals surface area contributed by atoms with Gasteiger partial charge >= 0.3 is 0 Å². The first-order valence-corrected chi connectivity index (χ1v) is 18.2. The number of ketones is 1. The van der Waals surface area contributed by atoms with E-state index in [2.05, 4.69) is 5.32 Å². The molecule has 1 amide bonds. The first kappa shape index (κ1) is 45.7. The molecule has 54 heavy (non-hydrogen) atoms. The normalized spacial score (nSPS) is 26.4. The van der Waals surface area contributed by atoms with Gasteiger partial charge in [-0.15, -0.1) is 0 Å². The summed E-state index contributed by atoms with van der Waals surface area (Å²) in [5, 5.41) is 63.0. The van der Waals surface area contributed by atoms with E-state index < -0.39 is 48.8 Å². The van der Waals surface area contributed by atoms with Crippen LogP contribution in [0.25, 0.3) is 0 Å². The van der Waals surface area contributed by atoms with Crippen molar-refractivity contribution < 1.29 is 49.7 Å². The summed E-state index contributed by atoms with van der Waals surface area (Å²) in [6, 6.07) is 0. The minimum atomic E-state index is -1.32. The Morgan fingerprint density at radius 1 is 0.759 bits per heavy atom. The van der Waals surface area contributed by atoms with Gasteiger partial charge in [0.25, 0.3) is 0 Å². The molecule has 0 bridgehead atoms. The van der Waals surface area contributed by atoms with Crippen molar-refractivity contribution in [3.8, 4) is 0 Å². The zero-order valence-electron chi connectivity index (χ0n) is 31.4. The fraction of sp³-hybridized carbons (Fsp3) is 0.395. The van der Waals surface area contributed by atoms with Crippen molar-refractivity contribution in [3.63, 3.8) is 0 Å². The first-order chi connectivity index (χ1) is 25.8. The van der Waals surface area contributed by atoms with Crippen LogP contribution in [0, 0.1) is 11.8 Å². The predicted molar refractivity (Wildman–Crippen MR) is 210 cm³/mol. The van der Waals surface area contributed by atoms with Crippen LogP contribution in [0.15, 0.2) is 145 Å². The Morgan fingerprint density at radius 3 is 1.83 bits per heavy atom. The van der Waals surface area contributed by atoms with Gasteiger partial charge in [0, 0.05) is 30.8 Å². The molecule has 11 heteroatoms. The van der Waals surface area contributed by atoms with Crippen molar-refractivity contribution in [1.82, 2.24) is 5.32 Å². The smallest absolute Gasteiger partial charge is 0.248 e. The van der Waals surface area contributed by atoms with Crippen LogP contribution in [0.1, 0.15) is 47.0 Å². The van der Waals surface area contributed by atoms with Crippen LogP contribution in [0.2, 0.25) is 0 Å². The number of carbonyl (C=O) groups is 2. The van der Waals surface area contributed by atoms with Gasteiger partial charge in [0.15, 0.2) is 12.1 Å². The summed E-state index contributed by atoms with van der Waals surface area (Å²) in [5.41, 5.74) is -0.0249. The van der Waals surface area contributed by atoms with Crippen molar-refractivity contribution >= 4 is 11.7 Å². The van der Waals surface area contributed by atoms with Crippen LogP contribution in [0.4, 0.5) is 0 Å². The standard InChI is InChI=1S/C43H57NO10/c1-30(24-20-16-12-8-5-6-11-15-19-23-27-37(48)44-38-35(46)28-29-36(38)47)39(49)32(3)34(45)26-22-18-14-10-7-9-13-17-21-25-31(2)53-43-42(52)41(51)40(50)33(4)54-43/h5-24,26-27,30-34,39-43,45-46,49-52H,25,28-29H2,1-4H3,(H,44,48)/b8-5+,10-7+,11-6+,13-9+,16-12+,18-14+,19-15+,21-17+,24-20+,26-22+,27-23+.